The van der Waals surface area contributed by atoms with Crippen LogP contribution in [0.1, 0.15) is 47.6 Å². The largest absolute Gasteiger partial charge is 0.328 e. The van der Waals surface area contributed by atoms with Gasteiger partial charge in [-0.1, -0.05) is 43.3 Å². The number of hydrogen-bond donors (Lipinski definition) is 0. The van der Waals surface area contributed by atoms with Crippen molar-refractivity contribution in [1.29, 1.82) is 0 Å². The predicted molar refractivity (Wildman–Crippen MR) is 122 cm³/mol. The van der Waals surface area contributed by atoms with E-state index in [0.29, 0.717) is 25.3 Å². The molecule has 1 unspecified atom stereocenters. The van der Waals surface area contributed by atoms with Crippen LogP contribution >= 0.6 is 0 Å². The number of imidazole rings is 1. The summed E-state index contributed by atoms with van der Waals surface area (Å²) >= 11 is 0. The Morgan fingerprint density at radius 2 is 1.88 bits per heavy atom. The van der Waals surface area contributed by atoms with E-state index in [1.807, 2.05) is 35.8 Å². The molecule has 8 heteroatoms. The van der Waals surface area contributed by atoms with Crippen molar-refractivity contribution in [2.24, 2.45) is 0 Å². The molecule has 0 spiro atoms. The van der Waals surface area contributed by atoms with Crippen molar-refractivity contribution in [2.75, 3.05) is 6.54 Å². The van der Waals surface area contributed by atoms with Gasteiger partial charge in [0.2, 0.25) is 0 Å². The zero-order valence-corrected chi connectivity index (χ0v) is 18.6. The van der Waals surface area contributed by atoms with Gasteiger partial charge in [-0.25, -0.2) is 9.37 Å². The lowest BCUT2D eigenvalue weighted by Crippen LogP contribution is -2.39. The van der Waals surface area contributed by atoms with E-state index < -0.39 is 0 Å². The molecule has 2 aromatic heterocycles. The normalized spacial score (nSPS) is 14.2. The summed E-state index contributed by atoms with van der Waals surface area (Å²) in [5.41, 5.74) is 3.48. The molecule has 2 aromatic carbocycles. The highest BCUT2D eigenvalue weighted by atomic mass is 19.1. The van der Waals surface area contributed by atoms with Gasteiger partial charge >= 0.3 is 0 Å². The molecule has 1 amide bonds. The highest BCUT2D eigenvalue weighted by Crippen LogP contribution is 2.31. The second-order valence-corrected chi connectivity index (χ2v) is 8.22. The molecular formula is C25H25FN6O. The van der Waals surface area contributed by atoms with E-state index in [9.17, 15) is 9.18 Å². The Morgan fingerprint density at radius 3 is 2.67 bits per heavy atom. The maximum Gasteiger partial charge on any atom is 0.272 e. The third-order valence-corrected chi connectivity index (χ3v) is 6.30. The SMILES string of the molecule is CCc1nnc2n1CCN(C(=O)c1cncn1C(C)c1ccccc1-c1ccc(F)cc1)C2. The summed E-state index contributed by atoms with van der Waals surface area (Å²) in [6.45, 7) is 5.81. The van der Waals surface area contributed by atoms with Crippen LogP contribution in [0.5, 0.6) is 0 Å². The number of benzene rings is 2. The molecular weight excluding hydrogens is 419 g/mol. The van der Waals surface area contributed by atoms with Gasteiger partial charge in [0.15, 0.2) is 5.82 Å². The van der Waals surface area contributed by atoms with Crippen molar-refractivity contribution in [2.45, 2.75) is 39.4 Å². The number of rotatable bonds is 5. The second kappa shape index (κ2) is 8.61. The van der Waals surface area contributed by atoms with Gasteiger partial charge in [0.25, 0.3) is 5.91 Å². The molecule has 0 aliphatic carbocycles. The van der Waals surface area contributed by atoms with E-state index in [1.54, 1.807) is 29.6 Å². The molecule has 0 radical (unpaired) electrons. The molecule has 0 saturated heterocycles. The third-order valence-electron chi connectivity index (χ3n) is 6.30. The number of nitrogens with zero attached hydrogens (tertiary/aromatic N) is 6. The van der Waals surface area contributed by atoms with Crippen LogP contribution < -0.4 is 0 Å². The van der Waals surface area contributed by atoms with Gasteiger partial charge in [0.05, 0.1) is 25.1 Å². The monoisotopic (exact) mass is 444 g/mol. The number of fused-ring (bicyclic) bond motifs is 1. The Hall–Kier alpha value is -3.81. The van der Waals surface area contributed by atoms with Crippen LogP contribution in [0.2, 0.25) is 0 Å². The van der Waals surface area contributed by atoms with Gasteiger partial charge < -0.3 is 14.0 Å². The van der Waals surface area contributed by atoms with Gasteiger partial charge in [0, 0.05) is 19.5 Å². The number of amides is 1. The van der Waals surface area contributed by atoms with Gasteiger partial charge in [-0.2, -0.15) is 0 Å². The van der Waals surface area contributed by atoms with Crippen LogP contribution in [0.4, 0.5) is 4.39 Å². The van der Waals surface area contributed by atoms with Crippen LogP contribution in [0.25, 0.3) is 11.1 Å². The Balaban J connectivity index is 1.44. The minimum absolute atomic E-state index is 0.0779. The summed E-state index contributed by atoms with van der Waals surface area (Å²) in [4.78, 5) is 19.6. The predicted octanol–water partition coefficient (Wildman–Crippen LogP) is 4.11. The summed E-state index contributed by atoms with van der Waals surface area (Å²) in [7, 11) is 0. The van der Waals surface area contributed by atoms with Crippen molar-refractivity contribution in [3.8, 4) is 11.1 Å². The number of aryl methyl sites for hydroxylation is 1. The summed E-state index contributed by atoms with van der Waals surface area (Å²) < 4.78 is 17.5. The van der Waals surface area contributed by atoms with E-state index in [4.69, 9.17) is 0 Å². The van der Waals surface area contributed by atoms with Crippen molar-refractivity contribution < 1.29 is 9.18 Å². The van der Waals surface area contributed by atoms with Gasteiger partial charge in [-0.3, -0.25) is 4.79 Å². The molecule has 3 heterocycles. The number of carbonyl (C=O) groups is 1. The quantitative estimate of drug-likeness (QED) is 0.465. The Labute approximate surface area is 191 Å². The molecule has 4 aromatic rings. The maximum atomic E-state index is 13.5. The number of aromatic nitrogens is 5. The summed E-state index contributed by atoms with van der Waals surface area (Å²) in [6.07, 6.45) is 4.13. The van der Waals surface area contributed by atoms with E-state index in [1.165, 1.54) is 12.1 Å². The van der Waals surface area contributed by atoms with Crippen LogP contribution in [0.3, 0.4) is 0 Å². The molecule has 0 N–H and O–H groups in total. The lowest BCUT2D eigenvalue weighted by atomic mass is 9.95. The van der Waals surface area contributed by atoms with Crippen LogP contribution in [-0.2, 0) is 19.5 Å². The van der Waals surface area contributed by atoms with Crippen molar-refractivity contribution in [1.82, 2.24) is 29.2 Å². The van der Waals surface area contributed by atoms with Crippen LogP contribution in [-0.4, -0.2) is 41.7 Å². The minimum atomic E-state index is -0.268. The fourth-order valence-electron chi connectivity index (χ4n) is 4.50. The Morgan fingerprint density at radius 1 is 1.09 bits per heavy atom. The van der Waals surface area contributed by atoms with E-state index in [0.717, 1.165) is 34.8 Å². The van der Waals surface area contributed by atoms with E-state index in [2.05, 4.69) is 26.7 Å². The molecule has 0 saturated carbocycles. The first-order chi connectivity index (χ1) is 16.1. The molecule has 1 aliphatic rings. The third kappa shape index (κ3) is 3.82. The van der Waals surface area contributed by atoms with Crippen LogP contribution in [0, 0.1) is 5.82 Å². The number of hydrogen-bond acceptors (Lipinski definition) is 4. The van der Waals surface area contributed by atoms with E-state index >= 15 is 0 Å². The first kappa shape index (κ1) is 21.1. The van der Waals surface area contributed by atoms with E-state index in [-0.39, 0.29) is 17.8 Å². The molecule has 0 fully saturated rings. The summed E-state index contributed by atoms with van der Waals surface area (Å²) in [6, 6.07) is 14.3. The zero-order valence-electron chi connectivity index (χ0n) is 18.6. The number of halogens is 1. The molecule has 1 atom stereocenters. The minimum Gasteiger partial charge on any atom is -0.328 e. The van der Waals surface area contributed by atoms with Crippen molar-refractivity contribution >= 4 is 5.91 Å². The van der Waals surface area contributed by atoms with Crippen molar-refractivity contribution in [3.05, 3.63) is 89.8 Å². The smallest absolute Gasteiger partial charge is 0.272 e. The molecule has 7 nitrogen and oxygen atoms in total. The topological polar surface area (TPSA) is 68.8 Å². The lowest BCUT2D eigenvalue weighted by Gasteiger charge is -2.29. The Kier molecular flexibility index (Phi) is 5.50. The highest BCUT2D eigenvalue weighted by molar-refractivity contribution is 5.92. The fraction of sp³-hybridized carbons (Fsp3) is 0.280. The average molecular weight is 445 g/mol. The first-order valence-corrected chi connectivity index (χ1v) is 11.1. The maximum absolute atomic E-state index is 13.5. The molecule has 33 heavy (non-hydrogen) atoms. The second-order valence-electron chi connectivity index (χ2n) is 8.22. The van der Waals surface area contributed by atoms with Gasteiger partial charge in [0.1, 0.15) is 17.3 Å². The summed E-state index contributed by atoms with van der Waals surface area (Å²) in [5, 5.41) is 8.50. The fourth-order valence-corrected chi connectivity index (χ4v) is 4.50. The van der Waals surface area contributed by atoms with Crippen molar-refractivity contribution in [3.63, 3.8) is 0 Å². The first-order valence-electron chi connectivity index (χ1n) is 11.1. The Bertz CT molecular complexity index is 1290. The lowest BCUT2D eigenvalue weighted by molar-refractivity contribution is 0.0694. The highest BCUT2D eigenvalue weighted by Gasteiger charge is 2.28. The van der Waals surface area contributed by atoms with Gasteiger partial charge in [-0.05, 0) is 35.7 Å². The molecule has 5 rings (SSSR count). The summed E-state index contributed by atoms with van der Waals surface area (Å²) in [5.74, 6) is 1.42. The van der Waals surface area contributed by atoms with Gasteiger partial charge in [-0.15, -0.1) is 10.2 Å². The van der Waals surface area contributed by atoms with Crippen LogP contribution in [0.15, 0.2) is 61.1 Å². The molecule has 1 aliphatic heterocycles. The molecule has 168 valence electrons. The zero-order chi connectivity index (χ0) is 22.9. The number of carbonyl (C=O) groups excluding carboxylic acids is 1. The molecule has 0 bridgehead atoms. The standard InChI is InChI=1S/C25H25FN6O/c1-3-23-28-29-24-15-30(12-13-31(23)24)25(33)22-14-27-16-32(22)17(2)20-6-4-5-7-21(20)18-8-10-19(26)11-9-18/h4-11,14,16-17H,3,12-13,15H2,1-2H3. The average Bonchev–Trinajstić information content (AvgIpc) is 3.50.